The van der Waals surface area contributed by atoms with E-state index in [1.807, 2.05) is 12.1 Å². The molecule has 0 atom stereocenters. The minimum absolute atomic E-state index is 0.0125. The van der Waals surface area contributed by atoms with Crippen LogP contribution in [0.15, 0.2) is 47.3 Å². The van der Waals surface area contributed by atoms with Crippen LogP contribution in [-0.2, 0) is 6.61 Å². The molecule has 0 spiro atoms. The lowest BCUT2D eigenvalue weighted by atomic mass is 9.96. The fourth-order valence-corrected chi connectivity index (χ4v) is 2.93. The van der Waals surface area contributed by atoms with Crippen LogP contribution in [0.1, 0.15) is 16.7 Å². The zero-order valence-corrected chi connectivity index (χ0v) is 15.0. The van der Waals surface area contributed by atoms with Crippen molar-refractivity contribution in [3.8, 4) is 29.0 Å². The number of nitrogens with zero attached hydrogens (tertiary/aromatic N) is 2. The summed E-state index contributed by atoms with van der Waals surface area (Å²) >= 11 is 6.02. The van der Waals surface area contributed by atoms with Crippen LogP contribution >= 0.6 is 11.6 Å². The summed E-state index contributed by atoms with van der Waals surface area (Å²) in [5.74, 6) is -0.302. The van der Waals surface area contributed by atoms with Gasteiger partial charge in [0.1, 0.15) is 47.3 Å². The summed E-state index contributed by atoms with van der Waals surface area (Å²) in [7, 11) is 0. The molecular formula is C20H12ClFN4O2. The van der Waals surface area contributed by atoms with Crippen LogP contribution in [0.5, 0.6) is 5.75 Å². The third-order valence-electron chi connectivity index (χ3n) is 4.02. The third kappa shape index (κ3) is 3.52. The molecule has 3 rings (SSSR count). The Morgan fingerprint density at radius 1 is 1.14 bits per heavy atom. The molecule has 2 aromatic carbocycles. The van der Waals surface area contributed by atoms with Crippen molar-refractivity contribution in [3.63, 3.8) is 0 Å². The van der Waals surface area contributed by atoms with Crippen LogP contribution in [0.2, 0.25) is 5.02 Å². The molecular weight excluding hydrogens is 383 g/mol. The molecule has 6 nitrogen and oxygen atoms in total. The predicted octanol–water partition coefficient (Wildman–Crippen LogP) is 3.74. The molecule has 1 aromatic heterocycles. The van der Waals surface area contributed by atoms with Gasteiger partial charge >= 0.3 is 0 Å². The van der Waals surface area contributed by atoms with Crippen molar-refractivity contribution in [2.75, 3.05) is 5.73 Å². The van der Waals surface area contributed by atoms with E-state index in [0.717, 1.165) is 0 Å². The fraction of sp³-hybridized carbons (Fsp3) is 0.0500. The number of aromatic amines is 1. The van der Waals surface area contributed by atoms with Gasteiger partial charge in [0.25, 0.3) is 5.56 Å². The molecule has 0 fully saturated rings. The van der Waals surface area contributed by atoms with Gasteiger partial charge in [-0.25, -0.2) is 4.39 Å². The van der Waals surface area contributed by atoms with Crippen LogP contribution in [0.25, 0.3) is 11.1 Å². The van der Waals surface area contributed by atoms with Crippen molar-refractivity contribution in [3.05, 3.63) is 80.3 Å². The number of anilines is 1. The Bertz CT molecular complexity index is 1210. The SMILES string of the molecule is N#Cc1c(N)[nH]c(=O)c(C#N)c1-c1ccccc1OCc1ccc(F)cc1Cl. The van der Waals surface area contributed by atoms with Crippen molar-refractivity contribution in [2.45, 2.75) is 6.61 Å². The highest BCUT2D eigenvalue weighted by Gasteiger charge is 2.21. The molecule has 0 saturated carbocycles. The van der Waals surface area contributed by atoms with Crippen LogP contribution < -0.4 is 16.0 Å². The fourth-order valence-electron chi connectivity index (χ4n) is 2.71. The topological polar surface area (TPSA) is 116 Å². The number of halogens is 2. The number of nitrogen functional groups attached to an aromatic ring is 1. The molecule has 1 heterocycles. The van der Waals surface area contributed by atoms with Crippen molar-refractivity contribution in [1.82, 2.24) is 4.98 Å². The number of hydrogen-bond acceptors (Lipinski definition) is 5. The Balaban J connectivity index is 2.11. The molecule has 3 aromatic rings. The molecule has 0 bridgehead atoms. The molecule has 138 valence electrons. The number of H-pyrrole nitrogens is 1. The standard InChI is InChI=1S/C20H12ClFN4O2/c21-16-7-12(22)6-5-11(16)10-28-17-4-2-1-3-13(17)18-14(8-23)19(25)26-20(27)15(18)9-24/h1-7H,10H2,(H3,25,26,27). The first kappa shape index (κ1) is 19.0. The smallest absolute Gasteiger partial charge is 0.268 e. The van der Waals surface area contributed by atoms with Crippen molar-refractivity contribution >= 4 is 17.4 Å². The van der Waals surface area contributed by atoms with Crippen LogP contribution in [0.3, 0.4) is 0 Å². The highest BCUT2D eigenvalue weighted by atomic mass is 35.5. The minimum atomic E-state index is -0.703. The number of rotatable bonds is 4. The van der Waals surface area contributed by atoms with Crippen molar-refractivity contribution < 1.29 is 9.13 Å². The Labute approximate surface area is 164 Å². The number of pyridine rings is 1. The number of hydrogen-bond donors (Lipinski definition) is 2. The quantitative estimate of drug-likeness (QED) is 0.699. The van der Waals surface area contributed by atoms with E-state index in [9.17, 15) is 19.7 Å². The molecule has 3 N–H and O–H groups in total. The average Bonchev–Trinajstić information content (AvgIpc) is 2.67. The number of nitrogens with two attached hydrogens (primary N) is 1. The molecule has 0 aliphatic rings. The van der Waals surface area contributed by atoms with Gasteiger partial charge in [-0.05, 0) is 18.2 Å². The molecule has 0 aliphatic carbocycles. The van der Waals surface area contributed by atoms with E-state index < -0.39 is 11.4 Å². The number of ether oxygens (including phenoxy) is 1. The second-order valence-electron chi connectivity index (χ2n) is 5.74. The van der Waals surface area contributed by atoms with Crippen LogP contribution in [0.4, 0.5) is 10.2 Å². The van der Waals surface area contributed by atoms with Crippen molar-refractivity contribution in [2.24, 2.45) is 0 Å². The number of para-hydroxylation sites is 1. The summed E-state index contributed by atoms with van der Waals surface area (Å²) < 4.78 is 19.0. The second-order valence-corrected chi connectivity index (χ2v) is 6.14. The molecule has 0 saturated heterocycles. The van der Waals surface area contributed by atoms with E-state index in [1.54, 1.807) is 24.3 Å². The maximum absolute atomic E-state index is 13.2. The summed E-state index contributed by atoms with van der Waals surface area (Å²) in [6, 6.07) is 14.2. The molecule has 0 radical (unpaired) electrons. The van der Waals surface area contributed by atoms with E-state index in [0.29, 0.717) is 16.9 Å². The summed E-state index contributed by atoms with van der Waals surface area (Å²) in [6.45, 7) is 0.0125. The van der Waals surface area contributed by atoms with Crippen LogP contribution in [0, 0.1) is 28.5 Å². The summed E-state index contributed by atoms with van der Waals surface area (Å²) in [4.78, 5) is 14.4. The van der Waals surface area contributed by atoms with Gasteiger partial charge < -0.3 is 15.5 Å². The largest absolute Gasteiger partial charge is 0.488 e. The molecule has 0 unspecified atom stereocenters. The molecule has 8 heteroatoms. The molecule has 28 heavy (non-hydrogen) atoms. The van der Waals surface area contributed by atoms with Gasteiger partial charge in [0.05, 0.1) is 5.02 Å². The highest BCUT2D eigenvalue weighted by Crippen LogP contribution is 2.35. The zero-order valence-electron chi connectivity index (χ0n) is 14.3. The van der Waals surface area contributed by atoms with Gasteiger partial charge in [0.15, 0.2) is 0 Å². The summed E-state index contributed by atoms with van der Waals surface area (Å²) in [5.41, 5.74) is 5.76. The van der Waals surface area contributed by atoms with Gasteiger partial charge in [-0.3, -0.25) is 4.79 Å². The Morgan fingerprint density at radius 3 is 2.54 bits per heavy atom. The lowest BCUT2D eigenvalue weighted by Gasteiger charge is -2.15. The first-order chi connectivity index (χ1) is 13.5. The van der Waals surface area contributed by atoms with E-state index in [-0.39, 0.29) is 34.1 Å². The maximum Gasteiger partial charge on any atom is 0.268 e. The summed E-state index contributed by atoms with van der Waals surface area (Å²) in [5, 5.41) is 19.1. The zero-order chi connectivity index (χ0) is 20.3. The van der Waals surface area contributed by atoms with Gasteiger partial charge in [-0.15, -0.1) is 0 Å². The number of benzene rings is 2. The van der Waals surface area contributed by atoms with E-state index >= 15 is 0 Å². The van der Waals surface area contributed by atoms with E-state index in [2.05, 4.69) is 4.98 Å². The second kappa shape index (κ2) is 7.83. The monoisotopic (exact) mass is 394 g/mol. The number of aromatic nitrogens is 1. The number of nitriles is 2. The summed E-state index contributed by atoms with van der Waals surface area (Å²) in [6.07, 6.45) is 0. The maximum atomic E-state index is 13.2. The normalized spacial score (nSPS) is 10.1. The average molecular weight is 395 g/mol. The van der Waals surface area contributed by atoms with Gasteiger partial charge in [0.2, 0.25) is 0 Å². The molecule has 0 amide bonds. The first-order valence-corrected chi connectivity index (χ1v) is 8.36. The Morgan fingerprint density at radius 2 is 1.86 bits per heavy atom. The van der Waals surface area contributed by atoms with E-state index in [4.69, 9.17) is 22.1 Å². The minimum Gasteiger partial charge on any atom is -0.488 e. The lowest BCUT2D eigenvalue weighted by Crippen LogP contribution is -2.16. The predicted molar refractivity (Wildman–Crippen MR) is 102 cm³/mol. The van der Waals surface area contributed by atoms with Gasteiger partial charge in [-0.1, -0.05) is 35.9 Å². The first-order valence-electron chi connectivity index (χ1n) is 7.98. The molecule has 0 aliphatic heterocycles. The number of nitrogens with one attached hydrogen (secondary N) is 1. The van der Waals surface area contributed by atoms with Crippen LogP contribution in [-0.4, -0.2) is 4.98 Å². The van der Waals surface area contributed by atoms with Gasteiger partial charge in [-0.2, -0.15) is 10.5 Å². The lowest BCUT2D eigenvalue weighted by molar-refractivity contribution is 0.307. The van der Waals surface area contributed by atoms with Gasteiger partial charge in [0, 0.05) is 16.7 Å². The highest BCUT2D eigenvalue weighted by molar-refractivity contribution is 6.31. The van der Waals surface area contributed by atoms with E-state index in [1.165, 1.54) is 18.2 Å². The van der Waals surface area contributed by atoms with Crippen molar-refractivity contribution in [1.29, 1.82) is 10.5 Å². The third-order valence-corrected chi connectivity index (χ3v) is 4.37. The Kier molecular flexibility index (Phi) is 5.30. The Hall–Kier alpha value is -3.81.